The molecule has 1 aromatic rings. The van der Waals surface area contributed by atoms with Crippen molar-refractivity contribution >= 4 is 6.08 Å². The zero-order valence-electron chi connectivity index (χ0n) is 9.51. The number of aryl methyl sites for hydroxylation is 1. The average molecular weight is 188 g/mol. The van der Waals surface area contributed by atoms with E-state index in [1.54, 1.807) is 5.57 Å². The molecule has 0 bridgehead atoms. The van der Waals surface area contributed by atoms with Crippen molar-refractivity contribution in [1.29, 1.82) is 0 Å². The van der Waals surface area contributed by atoms with Crippen molar-refractivity contribution in [3.8, 4) is 0 Å². The van der Waals surface area contributed by atoms with Crippen LogP contribution in [0.1, 0.15) is 44.2 Å². The van der Waals surface area contributed by atoms with Gasteiger partial charge in [-0.3, -0.25) is 0 Å². The summed E-state index contributed by atoms with van der Waals surface area (Å²) >= 11 is 0. The molecule has 0 saturated carbocycles. The Hall–Kier alpha value is -1.04. The average Bonchev–Trinajstić information content (AvgIpc) is 2.20. The topological polar surface area (TPSA) is 0 Å². The van der Waals surface area contributed by atoms with Gasteiger partial charge in [-0.1, -0.05) is 61.7 Å². The van der Waals surface area contributed by atoms with Gasteiger partial charge in [0.2, 0.25) is 0 Å². The summed E-state index contributed by atoms with van der Waals surface area (Å²) in [6.07, 6.45) is 5.96. The van der Waals surface area contributed by atoms with Crippen LogP contribution < -0.4 is 0 Å². The van der Waals surface area contributed by atoms with Gasteiger partial charge in [0.05, 0.1) is 0 Å². The predicted molar refractivity (Wildman–Crippen MR) is 64.4 cm³/mol. The fraction of sp³-hybridized carbons (Fsp3) is 0.429. The Morgan fingerprint density at radius 2 is 1.79 bits per heavy atom. The lowest BCUT2D eigenvalue weighted by molar-refractivity contribution is 0.866. The quantitative estimate of drug-likeness (QED) is 0.648. The molecule has 0 heteroatoms. The summed E-state index contributed by atoms with van der Waals surface area (Å²) in [6.45, 7) is 6.59. The maximum absolute atomic E-state index is 2.32. The third kappa shape index (κ3) is 3.37. The van der Waals surface area contributed by atoms with Crippen molar-refractivity contribution in [1.82, 2.24) is 0 Å². The van der Waals surface area contributed by atoms with Crippen molar-refractivity contribution in [3.63, 3.8) is 0 Å². The van der Waals surface area contributed by atoms with Gasteiger partial charge in [-0.2, -0.15) is 0 Å². The number of rotatable bonds is 4. The second-order valence-electron chi connectivity index (χ2n) is 3.82. The molecule has 1 rings (SSSR count). The van der Waals surface area contributed by atoms with Crippen LogP contribution in [0.4, 0.5) is 0 Å². The van der Waals surface area contributed by atoms with E-state index in [1.165, 1.54) is 30.4 Å². The van der Waals surface area contributed by atoms with E-state index in [9.17, 15) is 0 Å². The van der Waals surface area contributed by atoms with Crippen LogP contribution in [0.2, 0.25) is 0 Å². The molecule has 1 aromatic carbocycles. The van der Waals surface area contributed by atoms with Crippen LogP contribution in [-0.4, -0.2) is 0 Å². The van der Waals surface area contributed by atoms with Gasteiger partial charge in [0.25, 0.3) is 0 Å². The van der Waals surface area contributed by atoms with Gasteiger partial charge in [-0.25, -0.2) is 0 Å². The van der Waals surface area contributed by atoms with Crippen LogP contribution in [0.15, 0.2) is 29.8 Å². The largest absolute Gasteiger partial charge is 0.0699 e. The van der Waals surface area contributed by atoms with Crippen molar-refractivity contribution in [2.24, 2.45) is 0 Å². The monoisotopic (exact) mass is 188 g/mol. The molecule has 0 nitrogen and oxygen atoms in total. The lowest BCUT2D eigenvalue weighted by atomic mass is 10.0. The van der Waals surface area contributed by atoms with Gasteiger partial charge in [0, 0.05) is 0 Å². The molecule has 0 amide bonds. The number of hydrogen-bond donors (Lipinski definition) is 0. The Kier molecular flexibility index (Phi) is 4.45. The van der Waals surface area contributed by atoms with Gasteiger partial charge >= 0.3 is 0 Å². The molecule has 0 fully saturated rings. The smallest absolute Gasteiger partial charge is 0.0257 e. The molecular formula is C14H20. The Bertz CT molecular complexity index is 290. The van der Waals surface area contributed by atoms with Crippen LogP contribution in [0.3, 0.4) is 0 Å². The molecule has 0 heterocycles. The molecule has 0 saturated heterocycles. The van der Waals surface area contributed by atoms with Gasteiger partial charge < -0.3 is 0 Å². The molecule has 0 aliphatic rings. The highest BCUT2D eigenvalue weighted by atomic mass is 14.0. The Morgan fingerprint density at radius 1 is 1.14 bits per heavy atom. The van der Waals surface area contributed by atoms with Gasteiger partial charge in [-0.15, -0.1) is 0 Å². The first-order valence-corrected chi connectivity index (χ1v) is 5.52. The maximum Gasteiger partial charge on any atom is -0.0257 e. The molecule has 0 aliphatic heterocycles. The molecule has 0 spiro atoms. The highest BCUT2D eigenvalue weighted by Crippen LogP contribution is 2.15. The van der Waals surface area contributed by atoms with Crippen molar-refractivity contribution in [2.45, 2.75) is 40.0 Å². The van der Waals surface area contributed by atoms with Gasteiger partial charge in [0.15, 0.2) is 0 Å². The normalized spacial score (nSPS) is 11.8. The van der Waals surface area contributed by atoms with E-state index >= 15 is 0 Å². The lowest BCUT2D eigenvalue weighted by Gasteiger charge is -2.02. The Labute approximate surface area is 87.7 Å². The third-order valence-corrected chi connectivity index (χ3v) is 2.47. The van der Waals surface area contributed by atoms with Crippen LogP contribution in [0.5, 0.6) is 0 Å². The summed E-state index contributed by atoms with van der Waals surface area (Å²) in [5, 5.41) is 0. The first kappa shape index (κ1) is 11.0. The first-order valence-electron chi connectivity index (χ1n) is 5.52. The molecule has 0 aliphatic carbocycles. The molecule has 0 unspecified atom stereocenters. The summed E-state index contributed by atoms with van der Waals surface area (Å²) in [5.41, 5.74) is 4.22. The summed E-state index contributed by atoms with van der Waals surface area (Å²) in [7, 11) is 0. The maximum atomic E-state index is 2.32. The summed E-state index contributed by atoms with van der Waals surface area (Å²) in [6, 6.07) is 8.73. The molecule has 14 heavy (non-hydrogen) atoms. The van der Waals surface area contributed by atoms with Crippen LogP contribution in [-0.2, 0) is 0 Å². The van der Waals surface area contributed by atoms with Gasteiger partial charge in [0.1, 0.15) is 0 Å². The van der Waals surface area contributed by atoms with Crippen LogP contribution in [0, 0.1) is 6.92 Å². The van der Waals surface area contributed by atoms with E-state index < -0.39 is 0 Å². The molecule has 0 atom stereocenters. The third-order valence-electron chi connectivity index (χ3n) is 2.47. The fourth-order valence-corrected chi connectivity index (χ4v) is 1.57. The van der Waals surface area contributed by atoms with Crippen molar-refractivity contribution in [3.05, 3.63) is 41.0 Å². The first-order chi connectivity index (χ1) is 6.76. The molecule has 0 aromatic heterocycles. The summed E-state index contributed by atoms with van der Waals surface area (Å²) in [5.74, 6) is 0. The highest BCUT2D eigenvalue weighted by Gasteiger charge is 1.93. The minimum absolute atomic E-state index is 1.17. The zero-order chi connectivity index (χ0) is 10.4. The Balaban J connectivity index is 2.78. The van der Waals surface area contributed by atoms with E-state index in [2.05, 4.69) is 51.1 Å². The van der Waals surface area contributed by atoms with E-state index in [0.29, 0.717) is 0 Å². The molecule has 0 N–H and O–H groups in total. The minimum atomic E-state index is 1.17. The fourth-order valence-electron chi connectivity index (χ4n) is 1.57. The number of benzene rings is 1. The van der Waals surface area contributed by atoms with Crippen molar-refractivity contribution < 1.29 is 0 Å². The molecule has 0 radical (unpaired) electrons. The number of hydrogen-bond acceptors (Lipinski definition) is 0. The van der Waals surface area contributed by atoms with Gasteiger partial charge in [-0.05, 0) is 25.3 Å². The molecule has 76 valence electrons. The summed E-state index contributed by atoms with van der Waals surface area (Å²) in [4.78, 5) is 0. The minimum Gasteiger partial charge on any atom is -0.0699 e. The van der Waals surface area contributed by atoms with E-state index in [1.807, 2.05) is 0 Å². The second kappa shape index (κ2) is 5.64. The van der Waals surface area contributed by atoms with Crippen LogP contribution in [0.25, 0.3) is 6.08 Å². The van der Waals surface area contributed by atoms with E-state index in [-0.39, 0.29) is 0 Å². The Morgan fingerprint density at radius 3 is 2.29 bits per heavy atom. The number of allylic oxidation sites excluding steroid dienone is 1. The van der Waals surface area contributed by atoms with E-state index in [4.69, 9.17) is 0 Å². The lowest BCUT2D eigenvalue weighted by Crippen LogP contribution is -1.81. The highest BCUT2D eigenvalue weighted by molar-refractivity contribution is 5.53. The standard InChI is InChI=1S/C14H20/c1-4-6-13(5-2)11-14-9-7-12(3)8-10-14/h7-11H,4-6H2,1-3H3/b13-11-. The zero-order valence-corrected chi connectivity index (χ0v) is 9.51. The van der Waals surface area contributed by atoms with Crippen molar-refractivity contribution in [2.75, 3.05) is 0 Å². The summed E-state index contributed by atoms with van der Waals surface area (Å²) < 4.78 is 0. The predicted octanol–water partition coefficient (Wildman–Crippen LogP) is 4.59. The second-order valence-corrected chi connectivity index (χ2v) is 3.82. The SMILES string of the molecule is CCC/C(=C\c1ccc(C)cc1)CC. The van der Waals surface area contributed by atoms with E-state index in [0.717, 1.165) is 0 Å². The molecular weight excluding hydrogens is 168 g/mol. The van der Waals surface area contributed by atoms with Crippen LogP contribution >= 0.6 is 0 Å².